The zero-order valence-corrected chi connectivity index (χ0v) is 10.6. The summed E-state index contributed by atoms with van der Waals surface area (Å²) in [7, 11) is -4.08. The Hall–Kier alpha value is -1.18. The summed E-state index contributed by atoms with van der Waals surface area (Å²) in [4.78, 5) is 10.0. The van der Waals surface area contributed by atoms with Crippen LogP contribution in [0.25, 0.3) is 0 Å². The van der Waals surface area contributed by atoms with Crippen molar-refractivity contribution in [1.82, 2.24) is 4.72 Å². The monoisotopic (exact) mass is 293 g/mol. The Bertz CT molecular complexity index is 613. The molecule has 0 aliphatic heterocycles. The first-order chi connectivity index (χ1) is 8.31. The van der Waals surface area contributed by atoms with E-state index in [1.54, 1.807) is 0 Å². The lowest BCUT2D eigenvalue weighted by Crippen LogP contribution is -2.27. The van der Waals surface area contributed by atoms with E-state index in [1.807, 2.05) is 0 Å². The van der Waals surface area contributed by atoms with Gasteiger partial charge in [0.15, 0.2) is 5.82 Å². The molecule has 1 aromatic carbocycles. The molecular formula is C10H9ClFNO4S. The molecule has 0 amide bonds. The molecule has 2 rings (SSSR count). The molecule has 0 heterocycles. The van der Waals surface area contributed by atoms with Crippen molar-refractivity contribution in [2.45, 2.75) is 23.8 Å². The van der Waals surface area contributed by atoms with E-state index in [-0.39, 0.29) is 11.1 Å². The maximum absolute atomic E-state index is 13.8. The van der Waals surface area contributed by atoms with Crippen LogP contribution in [-0.2, 0) is 10.0 Å². The standard InChI is InChI=1S/C10H9ClFNO4S/c11-5-3-7(10(14)15)9(12)8(4-5)18(16,17)13-6-1-2-6/h3-4,6,13H,1-2H2,(H,14,15). The number of carboxylic acids is 1. The lowest BCUT2D eigenvalue weighted by molar-refractivity contribution is 0.0691. The van der Waals surface area contributed by atoms with Crippen LogP contribution in [0.1, 0.15) is 23.2 Å². The van der Waals surface area contributed by atoms with Crippen molar-refractivity contribution in [3.63, 3.8) is 0 Å². The summed E-state index contributed by atoms with van der Waals surface area (Å²) in [6.07, 6.45) is 1.38. The predicted molar refractivity (Wildman–Crippen MR) is 61.7 cm³/mol. The van der Waals surface area contributed by atoms with Crippen molar-refractivity contribution in [2.75, 3.05) is 0 Å². The number of nitrogens with one attached hydrogen (secondary N) is 1. The first-order valence-corrected chi connectivity index (χ1v) is 6.92. The lowest BCUT2D eigenvalue weighted by Gasteiger charge is -2.08. The number of carboxylic acid groups (broad SMARTS) is 1. The Kier molecular flexibility index (Phi) is 3.31. The summed E-state index contributed by atoms with van der Waals surface area (Å²) in [5.74, 6) is -2.88. The Morgan fingerprint density at radius 3 is 2.56 bits per heavy atom. The molecule has 1 saturated carbocycles. The molecule has 8 heteroatoms. The third-order valence-corrected chi connectivity index (χ3v) is 4.16. The smallest absolute Gasteiger partial charge is 0.338 e. The van der Waals surface area contributed by atoms with E-state index in [1.165, 1.54) is 0 Å². The summed E-state index contributed by atoms with van der Waals surface area (Å²) in [6, 6.07) is 1.56. The van der Waals surface area contributed by atoms with Gasteiger partial charge in [0, 0.05) is 11.1 Å². The van der Waals surface area contributed by atoms with Crippen LogP contribution in [-0.4, -0.2) is 25.5 Å². The number of benzene rings is 1. The van der Waals surface area contributed by atoms with E-state index in [2.05, 4.69) is 4.72 Å². The van der Waals surface area contributed by atoms with Gasteiger partial charge >= 0.3 is 5.97 Å². The van der Waals surface area contributed by atoms with Gasteiger partial charge in [0.2, 0.25) is 10.0 Å². The van der Waals surface area contributed by atoms with E-state index >= 15 is 0 Å². The molecule has 0 aromatic heterocycles. The van der Waals surface area contributed by atoms with Crippen molar-refractivity contribution >= 4 is 27.6 Å². The van der Waals surface area contributed by atoms with Gasteiger partial charge in [0.05, 0.1) is 5.56 Å². The summed E-state index contributed by atoms with van der Waals surface area (Å²) in [5, 5.41) is 8.61. The number of aromatic carboxylic acids is 1. The van der Waals surface area contributed by atoms with Gasteiger partial charge in [-0.3, -0.25) is 0 Å². The van der Waals surface area contributed by atoms with Crippen LogP contribution in [0.15, 0.2) is 17.0 Å². The molecule has 5 nitrogen and oxygen atoms in total. The van der Waals surface area contributed by atoms with Crippen LogP contribution in [0.5, 0.6) is 0 Å². The first-order valence-electron chi connectivity index (χ1n) is 5.06. The second-order valence-electron chi connectivity index (χ2n) is 3.97. The average molecular weight is 294 g/mol. The molecule has 98 valence electrons. The highest BCUT2D eigenvalue weighted by molar-refractivity contribution is 7.89. The molecule has 0 atom stereocenters. The van der Waals surface area contributed by atoms with E-state index in [9.17, 15) is 17.6 Å². The van der Waals surface area contributed by atoms with E-state index in [0.717, 1.165) is 12.1 Å². The van der Waals surface area contributed by atoms with Crippen molar-refractivity contribution in [3.05, 3.63) is 28.5 Å². The van der Waals surface area contributed by atoms with Crippen molar-refractivity contribution < 1.29 is 22.7 Å². The number of halogens is 2. The second kappa shape index (κ2) is 4.49. The fourth-order valence-electron chi connectivity index (χ4n) is 1.40. The minimum atomic E-state index is -4.08. The SMILES string of the molecule is O=C(O)c1cc(Cl)cc(S(=O)(=O)NC2CC2)c1F. The van der Waals surface area contributed by atoms with E-state index in [4.69, 9.17) is 16.7 Å². The molecule has 1 aliphatic rings. The van der Waals surface area contributed by atoms with Gasteiger partial charge in [0.1, 0.15) is 4.90 Å². The molecule has 1 fully saturated rings. The highest BCUT2D eigenvalue weighted by Crippen LogP contribution is 2.27. The molecule has 0 bridgehead atoms. The number of carbonyl (C=O) groups is 1. The van der Waals surface area contributed by atoms with Crippen LogP contribution >= 0.6 is 11.6 Å². The largest absolute Gasteiger partial charge is 0.478 e. The minimum Gasteiger partial charge on any atom is -0.478 e. The Morgan fingerprint density at radius 1 is 1.44 bits per heavy atom. The number of rotatable bonds is 4. The molecule has 0 spiro atoms. The van der Waals surface area contributed by atoms with Crippen LogP contribution in [0, 0.1) is 5.82 Å². The molecule has 0 radical (unpaired) electrons. The Balaban J connectivity index is 2.52. The minimum absolute atomic E-state index is 0.148. The summed E-state index contributed by atoms with van der Waals surface area (Å²) in [6.45, 7) is 0. The average Bonchev–Trinajstić information content (AvgIpc) is 3.03. The number of sulfonamides is 1. The van der Waals surface area contributed by atoms with E-state index < -0.39 is 32.3 Å². The van der Waals surface area contributed by atoms with Crippen molar-refractivity contribution in [3.8, 4) is 0 Å². The second-order valence-corrected chi connectivity index (χ2v) is 6.09. The molecule has 0 unspecified atom stereocenters. The predicted octanol–water partition coefficient (Wildman–Crippen LogP) is 1.62. The van der Waals surface area contributed by atoms with Crippen LogP contribution < -0.4 is 4.72 Å². The molecule has 18 heavy (non-hydrogen) atoms. The first kappa shape index (κ1) is 13.3. The Labute approximate surface area is 108 Å². The van der Waals surface area contributed by atoms with Gasteiger partial charge < -0.3 is 5.11 Å². The number of hydrogen-bond donors (Lipinski definition) is 2. The van der Waals surface area contributed by atoms with Crippen LogP contribution in [0.4, 0.5) is 4.39 Å². The maximum atomic E-state index is 13.8. The number of hydrogen-bond acceptors (Lipinski definition) is 3. The fourth-order valence-corrected chi connectivity index (χ4v) is 3.11. The fraction of sp³-hybridized carbons (Fsp3) is 0.300. The van der Waals surface area contributed by atoms with Gasteiger partial charge in [-0.15, -0.1) is 0 Å². The topological polar surface area (TPSA) is 83.5 Å². The lowest BCUT2D eigenvalue weighted by atomic mass is 10.2. The zero-order valence-electron chi connectivity index (χ0n) is 8.98. The third-order valence-electron chi connectivity index (χ3n) is 2.42. The van der Waals surface area contributed by atoms with Gasteiger partial charge in [-0.2, -0.15) is 0 Å². The van der Waals surface area contributed by atoms with Crippen molar-refractivity contribution in [2.24, 2.45) is 0 Å². The molecular weight excluding hydrogens is 285 g/mol. The maximum Gasteiger partial charge on any atom is 0.338 e. The Morgan fingerprint density at radius 2 is 2.06 bits per heavy atom. The quantitative estimate of drug-likeness (QED) is 0.883. The summed E-state index contributed by atoms with van der Waals surface area (Å²) < 4.78 is 39.7. The van der Waals surface area contributed by atoms with E-state index in [0.29, 0.717) is 12.8 Å². The van der Waals surface area contributed by atoms with Crippen LogP contribution in [0.2, 0.25) is 5.02 Å². The molecule has 1 aliphatic carbocycles. The molecule has 2 N–H and O–H groups in total. The van der Waals surface area contributed by atoms with Gasteiger partial charge in [-0.1, -0.05) is 11.6 Å². The summed E-state index contributed by atoms with van der Waals surface area (Å²) >= 11 is 5.60. The normalized spacial score (nSPS) is 15.7. The summed E-state index contributed by atoms with van der Waals surface area (Å²) in [5.41, 5.74) is -0.765. The van der Waals surface area contributed by atoms with Crippen molar-refractivity contribution in [1.29, 1.82) is 0 Å². The van der Waals surface area contributed by atoms with Gasteiger partial charge in [-0.25, -0.2) is 22.3 Å². The van der Waals surface area contributed by atoms with Gasteiger partial charge in [0.25, 0.3) is 0 Å². The van der Waals surface area contributed by atoms with Crippen LogP contribution in [0.3, 0.4) is 0 Å². The zero-order chi connectivity index (χ0) is 13.5. The third kappa shape index (κ3) is 2.63. The highest BCUT2D eigenvalue weighted by atomic mass is 35.5. The highest BCUT2D eigenvalue weighted by Gasteiger charge is 2.31. The van der Waals surface area contributed by atoms with Gasteiger partial charge in [-0.05, 0) is 25.0 Å². The molecule has 0 saturated heterocycles. The molecule has 1 aromatic rings.